The topological polar surface area (TPSA) is 40.1 Å². The van der Waals surface area contributed by atoms with E-state index in [1.54, 1.807) is 13.8 Å². The predicted octanol–water partition coefficient (Wildman–Crippen LogP) is 3.32. The van der Waals surface area contributed by atoms with E-state index in [0.29, 0.717) is 23.3 Å². The Kier molecular flexibility index (Phi) is 2.92. The van der Waals surface area contributed by atoms with Crippen molar-refractivity contribution in [3.05, 3.63) is 46.5 Å². The van der Waals surface area contributed by atoms with Crippen molar-refractivity contribution in [2.24, 2.45) is 0 Å². The highest BCUT2D eigenvalue weighted by Gasteiger charge is 2.20. The zero-order chi connectivity index (χ0) is 12.6. The van der Waals surface area contributed by atoms with E-state index in [2.05, 4.69) is 13.8 Å². The van der Waals surface area contributed by atoms with Gasteiger partial charge in [-0.05, 0) is 23.6 Å². The van der Waals surface area contributed by atoms with Crippen molar-refractivity contribution in [3.63, 3.8) is 0 Å². The summed E-state index contributed by atoms with van der Waals surface area (Å²) in [6.07, 6.45) is 0. The molecular formula is C14H17NO2. The molecule has 0 saturated carbocycles. The van der Waals surface area contributed by atoms with Crippen LogP contribution in [0.2, 0.25) is 0 Å². The van der Waals surface area contributed by atoms with Crippen LogP contribution in [-0.4, -0.2) is 0 Å². The first kappa shape index (κ1) is 11.7. The highest BCUT2D eigenvalue weighted by atomic mass is 16.5. The molecule has 0 aliphatic heterocycles. The first-order valence-corrected chi connectivity index (χ1v) is 5.80. The Morgan fingerprint density at radius 3 is 2.12 bits per heavy atom. The van der Waals surface area contributed by atoms with Crippen molar-refractivity contribution >= 4 is 0 Å². The molecule has 0 N–H and O–H groups in total. The molecular weight excluding hydrogens is 214 g/mol. The molecule has 0 aliphatic carbocycles. The summed E-state index contributed by atoms with van der Waals surface area (Å²) in [7, 11) is 0. The lowest BCUT2D eigenvalue weighted by Crippen LogP contribution is -2.29. The zero-order valence-electron chi connectivity index (χ0n) is 10.7. The van der Waals surface area contributed by atoms with Crippen LogP contribution in [0.25, 0.3) is 11.5 Å². The number of aryl methyl sites for hydroxylation is 1. The second-order valence-corrected chi connectivity index (χ2v) is 4.62. The van der Waals surface area contributed by atoms with Crippen molar-refractivity contribution in [1.29, 1.82) is 0 Å². The van der Waals surface area contributed by atoms with Crippen LogP contribution >= 0.6 is 0 Å². The molecule has 17 heavy (non-hydrogen) atoms. The van der Waals surface area contributed by atoms with Gasteiger partial charge < -0.3 is 9.62 Å². The van der Waals surface area contributed by atoms with Gasteiger partial charge in [-0.3, -0.25) is 0 Å². The van der Waals surface area contributed by atoms with Gasteiger partial charge in [0.05, 0.1) is 5.56 Å². The van der Waals surface area contributed by atoms with E-state index in [4.69, 9.17) is 4.42 Å². The van der Waals surface area contributed by atoms with Gasteiger partial charge in [0, 0.05) is 13.8 Å². The van der Waals surface area contributed by atoms with Crippen molar-refractivity contribution in [1.82, 2.24) is 0 Å². The van der Waals surface area contributed by atoms with E-state index >= 15 is 0 Å². The molecule has 1 heterocycles. The maximum atomic E-state index is 11.8. The van der Waals surface area contributed by atoms with Gasteiger partial charge in [0.1, 0.15) is 0 Å². The van der Waals surface area contributed by atoms with E-state index in [0.717, 1.165) is 10.3 Å². The first-order valence-electron chi connectivity index (χ1n) is 5.80. The average Bonchev–Trinajstić information content (AvgIpc) is 2.57. The zero-order valence-corrected chi connectivity index (χ0v) is 10.7. The van der Waals surface area contributed by atoms with Crippen LogP contribution in [0, 0.1) is 19.1 Å². The summed E-state index contributed by atoms with van der Waals surface area (Å²) in [6, 6.07) is 7.93. The fourth-order valence-electron chi connectivity index (χ4n) is 1.74. The second-order valence-electron chi connectivity index (χ2n) is 4.62. The fraction of sp³-hybridized carbons (Fsp3) is 0.357. The highest BCUT2D eigenvalue weighted by Crippen LogP contribution is 2.22. The van der Waals surface area contributed by atoms with Gasteiger partial charge in [-0.25, -0.2) is 0 Å². The lowest BCUT2D eigenvalue weighted by molar-refractivity contribution is -0.602. The number of aromatic nitrogens is 1. The number of rotatable bonds is 2. The van der Waals surface area contributed by atoms with Crippen LogP contribution in [0.1, 0.15) is 36.8 Å². The van der Waals surface area contributed by atoms with E-state index in [-0.39, 0.29) is 0 Å². The molecule has 2 rings (SSSR count). The summed E-state index contributed by atoms with van der Waals surface area (Å²) in [5.41, 5.74) is 2.69. The standard InChI is InChI=1S/C14H17NO2/c1-9(2)12-5-7-13(8-6-12)14-15(16)10(3)11(4)17-14/h5-9H,1-4H3. The molecule has 0 amide bonds. The maximum absolute atomic E-state index is 11.8. The molecule has 0 saturated heterocycles. The molecule has 3 heteroatoms. The smallest absolute Gasteiger partial charge is 0.392 e. The Morgan fingerprint density at radius 1 is 1.12 bits per heavy atom. The number of oxazole rings is 1. The number of hydrogen-bond donors (Lipinski definition) is 0. The van der Waals surface area contributed by atoms with Crippen LogP contribution in [-0.2, 0) is 0 Å². The monoisotopic (exact) mass is 231 g/mol. The largest absolute Gasteiger partial charge is 0.616 e. The molecule has 0 atom stereocenters. The van der Waals surface area contributed by atoms with Crippen LogP contribution in [0.15, 0.2) is 28.7 Å². The minimum absolute atomic E-state index is 0.371. The maximum Gasteiger partial charge on any atom is 0.392 e. The molecule has 0 radical (unpaired) electrons. The Labute approximate surface area is 101 Å². The quantitative estimate of drug-likeness (QED) is 0.587. The van der Waals surface area contributed by atoms with Crippen molar-refractivity contribution < 1.29 is 9.15 Å². The Morgan fingerprint density at radius 2 is 1.71 bits per heavy atom. The normalized spacial score (nSPS) is 11.1. The summed E-state index contributed by atoms with van der Waals surface area (Å²) in [5.74, 6) is 1.53. The fourth-order valence-corrected chi connectivity index (χ4v) is 1.74. The lowest BCUT2D eigenvalue weighted by Gasteiger charge is -2.04. The van der Waals surface area contributed by atoms with E-state index in [1.165, 1.54) is 5.56 Å². The van der Waals surface area contributed by atoms with E-state index in [9.17, 15) is 5.21 Å². The highest BCUT2D eigenvalue weighted by molar-refractivity contribution is 5.51. The number of nitrogens with zero attached hydrogens (tertiary/aromatic N) is 1. The second kappa shape index (κ2) is 4.24. The summed E-state index contributed by atoms with van der Waals surface area (Å²) in [5, 5.41) is 11.8. The number of hydrogen-bond acceptors (Lipinski definition) is 2. The molecule has 3 nitrogen and oxygen atoms in total. The molecule has 90 valence electrons. The summed E-state index contributed by atoms with van der Waals surface area (Å²) in [6.45, 7) is 7.85. The van der Waals surface area contributed by atoms with Crippen LogP contribution in [0.3, 0.4) is 0 Å². The Bertz CT molecular complexity index is 524. The van der Waals surface area contributed by atoms with E-state index in [1.807, 2.05) is 24.3 Å². The van der Waals surface area contributed by atoms with Crippen LogP contribution in [0.5, 0.6) is 0 Å². The molecule has 0 bridgehead atoms. The van der Waals surface area contributed by atoms with Gasteiger partial charge in [-0.2, -0.15) is 0 Å². The van der Waals surface area contributed by atoms with Crippen molar-refractivity contribution in [3.8, 4) is 11.5 Å². The molecule has 1 aromatic heterocycles. The predicted molar refractivity (Wildman–Crippen MR) is 66.7 cm³/mol. The van der Waals surface area contributed by atoms with Gasteiger partial charge >= 0.3 is 5.89 Å². The molecule has 1 aromatic carbocycles. The van der Waals surface area contributed by atoms with Gasteiger partial charge in [-0.1, -0.05) is 26.0 Å². The summed E-state index contributed by atoms with van der Waals surface area (Å²) < 4.78 is 6.33. The molecule has 0 unspecified atom stereocenters. The van der Waals surface area contributed by atoms with Crippen molar-refractivity contribution in [2.45, 2.75) is 33.6 Å². The van der Waals surface area contributed by atoms with Gasteiger partial charge in [0.25, 0.3) is 0 Å². The molecule has 0 spiro atoms. The SMILES string of the molecule is Cc1oc(-c2ccc(C(C)C)cc2)[n+]([O-])c1C. The molecule has 2 aromatic rings. The molecule has 0 aliphatic rings. The lowest BCUT2D eigenvalue weighted by atomic mass is 10.0. The minimum atomic E-state index is 0.371. The minimum Gasteiger partial charge on any atom is -0.616 e. The Hall–Kier alpha value is -1.77. The van der Waals surface area contributed by atoms with Crippen LogP contribution < -0.4 is 4.73 Å². The molecule has 0 fully saturated rings. The van der Waals surface area contributed by atoms with Crippen molar-refractivity contribution in [2.75, 3.05) is 0 Å². The third-order valence-corrected chi connectivity index (χ3v) is 3.07. The van der Waals surface area contributed by atoms with Gasteiger partial charge in [0.15, 0.2) is 5.76 Å². The van der Waals surface area contributed by atoms with Gasteiger partial charge in [-0.15, -0.1) is 4.73 Å². The third kappa shape index (κ3) is 2.05. The first-order chi connectivity index (χ1) is 8.00. The Balaban J connectivity index is 2.43. The summed E-state index contributed by atoms with van der Waals surface area (Å²) in [4.78, 5) is 0. The third-order valence-electron chi connectivity index (χ3n) is 3.07. The van der Waals surface area contributed by atoms with Crippen LogP contribution in [0.4, 0.5) is 0 Å². The summed E-state index contributed by atoms with van der Waals surface area (Å²) >= 11 is 0. The number of benzene rings is 1. The average molecular weight is 231 g/mol. The van der Waals surface area contributed by atoms with E-state index < -0.39 is 0 Å². The van der Waals surface area contributed by atoms with Gasteiger partial charge in [0.2, 0.25) is 5.69 Å².